The zero-order chi connectivity index (χ0) is 12.0. The average Bonchev–Trinajstić information content (AvgIpc) is 2.21. The molecule has 2 N–H and O–H groups in total. The monoisotopic (exact) mass is 220 g/mol. The van der Waals surface area contributed by atoms with Crippen LogP contribution in [0.4, 0.5) is 5.69 Å². The first-order chi connectivity index (χ1) is 7.58. The molecule has 0 aliphatic heterocycles. The van der Waals surface area contributed by atoms with Crippen molar-refractivity contribution in [2.45, 2.75) is 20.3 Å². The first-order valence-electron chi connectivity index (χ1n) is 5.19. The number of carbonyl (C=O) groups is 2. The normalized spacial score (nSPS) is 9.62. The molecule has 0 aliphatic carbocycles. The lowest BCUT2D eigenvalue weighted by atomic mass is 10.2. The van der Waals surface area contributed by atoms with Gasteiger partial charge in [0.25, 0.3) is 0 Å². The van der Waals surface area contributed by atoms with Gasteiger partial charge in [0.2, 0.25) is 11.8 Å². The molecule has 0 radical (unpaired) electrons. The third kappa shape index (κ3) is 4.59. The zero-order valence-electron chi connectivity index (χ0n) is 9.54. The van der Waals surface area contributed by atoms with Crippen LogP contribution in [-0.4, -0.2) is 18.4 Å². The van der Waals surface area contributed by atoms with Crippen LogP contribution in [0.1, 0.15) is 18.9 Å². The van der Waals surface area contributed by atoms with Crippen molar-refractivity contribution in [3.63, 3.8) is 0 Å². The van der Waals surface area contributed by atoms with Gasteiger partial charge in [-0.3, -0.25) is 9.59 Å². The molecule has 86 valence electrons. The van der Waals surface area contributed by atoms with Gasteiger partial charge in [0.15, 0.2) is 0 Å². The second kappa shape index (κ2) is 5.90. The molecule has 1 aromatic carbocycles. The molecule has 0 aromatic heterocycles. The highest BCUT2D eigenvalue weighted by atomic mass is 16.2. The van der Waals surface area contributed by atoms with Crippen LogP contribution < -0.4 is 10.6 Å². The van der Waals surface area contributed by atoms with Gasteiger partial charge < -0.3 is 10.6 Å². The van der Waals surface area contributed by atoms with E-state index in [0.29, 0.717) is 6.54 Å². The number of hydrogen-bond acceptors (Lipinski definition) is 2. The van der Waals surface area contributed by atoms with Gasteiger partial charge in [-0.1, -0.05) is 17.7 Å². The Bertz CT molecular complexity index is 371. The second-order valence-electron chi connectivity index (χ2n) is 3.65. The van der Waals surface area contributed by atoms with Gasteiger partial charge in [0.05, 0.1) is 0 Å². The third-order valence-corrected chi connectivity index (χ3v) is 2.06. The van der Waals surface area contributed by atoms with Gasteiger partial charge in [0.1, 0.15) is 0 Å². The lowest BCUT2D eigenvalue weighted by Gasteiger charge is -2.05. The Hall–Kier alpha value is -1.84. The molecule has 1 rings (SSSR count). The molecule has 2 amide bonds. The van der Waals surface area contributed by atoms with Crippen LogP contribution >= 0.6 is 0 Å². The van der Waals surface area contributed by atoms with Crippen molar-refractivity contribution in [3.05, 3.63) is 29.8 Å². The summed E-state index contributed by atoms with van der Waals surface area (Å²) in [5, 5.41) is 5.32. The highest BCUT2D eigenvalue weighted by molar-refractivity contribution is 5.91. The van der Waals surface area contributed by atoms with Crippen molar-refractivity contribution in [2.75, 3.05) is 11.9 Å². The first-order valence-corrected chi connectivity index (χ1v) is 5.19. The highest BCUT2D eigenvalue weighted by Gasteiger charge is 2.02. The smallest absolute Gasteiger partial charge is 0.226 e. The molecule has 4 heteroatoms. The van der Waals surface area contributed by atoms with Crippen LogP contribution in [0.2, 0.25) is 0 Å². The Morgan fingerprint density at radius 1 is 1.19 bits per heavy atom. The van der Waals surface area contributed by atoms with E-state index in [1.165, 1.54) is 6.92 Å². The summed E-state index contributed by atoms with van der Waals surface area (Å²) >= 11 is 0. The number of rotatable bonds is 4. The number of benzene rings is 1. The lowest BCUT2D eigenvalue weighted by Crippen LogP contribution is -2.25. The molecular weight excluding hydrogens is 204 g/mol. The van der Waals surface area contributed by atoms with E-state index in [4.69, 9.17) is 0 Å². The maximum Gasteiger partial charge on any atom is 0.226 e. The van der Waals surface area contributed by atoms with Gasteiger partial charge in [-0.05, 0) is 19.1 Å². The fourth-order valence-corrected chi connectivity index (χ4v) is 1.21. The van der Waals surface area contributed by atoms with Crippen molar-refractivity contribution in [1.82, 2.24) is 5.32 Å². The predicted molar refractivity (Wildman–Crippen MR) is 63.1 cm³/mol. The van der Waals surface area contributed by atoms with E-state index in [9.17, 15) is 9.59 Å². The zero-order valence-corrected chi connectivity index (χ0v) is 9.54. The molecule has 0 unspecified atom stereocenters. The van der Waals surface area contributed by atoms with Crippen molar-refractivity contribution in [2.24, 2.45) is 0 Å². The molecule has 0 saturated heterocycles. The molecule has 0 aliphatic rings. The fourth-order valence-electron chi connectivity index (χ4n) is 1.21. The molecule has 4 nitrogen and oxygen atoms in total. The van der Waals surface area contributed by atoms with Crippen molar-refractivity contribution >= 4 is 17.5 Å². The quantitative estimate of drug-likeness (QED) is 0.807. The summed E-state index contributed by atoms with van der Waals surface area (Å²) in [6, 6.07) is 7.57. The van der Waals surface area contributed by atoms with E-state index in [1.807, 2.05) is 31.2 Å². The molecule has 0 spiro atoms. The fraction of sp³-hybridized carbons (Fsp3) is 0.333. The number of anilines is 1. The SMILES string of the molecule is CC(=O)NCCC(=O)Nc1ccc(C)cc1. The van der Waals surface area contributed by atoms with Gasteiger partial charge in [-0.15, -0.1) is 0 Å². The minimum Gasteiger partial charge on any atom is -0.356 e. The van der Waals surface area contributed by atoms with E-state index >= 15 is 0 Å². The summed E-state index contributed by atoms with van der Waals surface area (Å²) in [6.45, 7) is 3.79. The van der Waals surface area contributed by atoms with E-state index in [1.54, 1.807) is 0 Å². The van der Waals surface area contributed by atoms with E-state index in [-0.39, 0.29) is 18.2 Å². The number of carbonyl (C=O) groups excluding carboxylic acids is 2. The Balaban J connectivity index is 2.34. The van der Waals surface area contributed by atoms with Gasteiger partial charge >= 0.3 is 0 Å². The summed E-state index contributed by atoms with van der Waals surface area (Å²) in [7, 11) is 0. The van der Waals surface area contributed by atoms with Gasteiger partial charge in [-0.2, -0.15) is 0 Å². The molecule has 0 atom stereocenters. The summed E-state index contributed by atoms with van der Waals surface area (Å²) in [4.78, 5) is 22.0. The summed E-state index contributed by atoms with van der Waals surface area (Å²) in [5.74, 6) is -0.222. The Morgan fingerprint density at radius 3 is 2.38 bits per heavy atom. The molecule has 16 heavy (non-hydrogen) atoms. The maximum absolute atomic E-state index is 11.4. The molecular formula is C12H16N2O2. The minimum atomic E-state index is -0.122. The summed E-state index contributed by atoms with van der Waals surface area (Å²) < 4.78 is 0. The van der Waals surface area contributed by atoms with E-state index < -0.39 is 0 Å². The summed E-state index contributed by atoms with van der Waals surface area (Å²) in [6.07, 6.45) is 0.285. The van der Waals surface area contributed by atoms with Crippen molar-refractivity contribution in [1.29, 1.82) is 0 Å². The Morgan fingerprint density at radius 2 is 1.81 bits per heavy atom. The molecule has 0 bridgehead atoms. The molecule has 0 heterocycles. The third-order valence-electron chi connectivity index (χ3n) is 2.06. The Kier molecular flexibility index (Phi) is 4.51. The van der Waals surface area contributed by atoms with Crippen molar-refractivity contribution < 1.29 is 9.59 Å². The van der Waals surface area contributed by atoms with Crippen LogP contribution in [0.5, 0.6) is 0 Å². The Labute approximate surface area is 95.0 Å². The minimum absolute atomic E-state index is 0.0994. The molecule has 0 fully saturated rings. The summed E-state index contributed by atoms with van der Waals surface area (Å²) in [5.41, 5.74) is 1.93. The standard InChI is InChI=1S/C12H16N2O2/c1-9-3-5-11(6-4-9)14-12(16)7-8-13-10(2)15/h3-6H,7-8H2,1-2H3,(H,13,15)(H,14,16). The van der Waals surface area contributed by atoms with Crippen LogP contribution in [0.15, 0.2) is 24.3 Å². The van der Waals surface area contributed by atoms with E-state index in [0.717, 1.165) is 11.3 Å². The van der Waals surface area contributed by atoms with Crippen LogP contribution in [0.3, 0.4) is 0 Å². The average molecular weight is 220 g/mol. The number of aryl methyl sites for hydroxylation is 1. The van der Waals surface area contributed by atoms with Crippen LogP contribution in [0, 0.1) is 6.92 Å². The molecule has 0 saturated carbocycles. The maximum atomic E-state index is 11.4. The van der Waals surface area contributed by atoms with Crippen LogP contribution in [-0.2, 0) is 9.59 Å². The van der Waals surface area contributed by atoms with Crippen LogP contribution in [0.25, 0.3) is 0 Å². The first kappa shape index (κ1) is 12.2. The van der Waals surface area contributed by atoms with Gasteiger partial charge in [0, 0.05) is 25.6 Å². The number of hydrogen-bond donors (Lipinski definition) is 2. The molecule has 1 aromatic rings. The number of nitrogens with one attached hydrogen (secondary N) is 2. The second-order valence-corrected chi connectivity index (χ2v) is 3.65. The van der Waals surface area contributed by atoms with Crippen molar-refractivity contribution in [3.8, 4) is 0 Å². The van der Waals surface area contributed by atoms with Gasteiger partial charge in [-0.25, -0.2) is 0 Å². The van der Waals surface area contributed by atoms with E-state index in [2.05, 4.69) is 10.6 Å². The largest absolute Gasteiger partial charge is 0.356 e. The predicted octanol–water partition coefficient (Wildman–Crippen LogP) is 1.46. The topological polar surface area (TPSA) is 58.2 Å². The number of amides is 2. The highest BCUT2D eigenvalue weighted by Crippen LogP contribution is 2.08. The lowest BCUT2D eigenvalue weighted by molar-refractivity contribution is -0.119.